The lowest BCUT2D eigenvalue weighted by atomic mass is 9.96. The van der Waals surface area contributed by atoms with Crippen LogP contribution in [-0.4, -0.2) is 89.8 Å². The molecule has 16 heteroatoms. The molecule has 0 radical (unpaired) electrons. The minimum atomic E-state index is -3.83. The van der Waals surface area contributed by atoms with Crippen LogP contribution in [0.2, 0.25) is 0 Å². The molecule has 4 aliphatic rings. The van der Waals surface area contributed by atoms with Gasteiger partial charge in [0.15, 0.2) is 0 Å². The molecule has 6 rings (SSSR count). The average Bonchev–Trinajstić information content (AvgIpc) is 3.76. The van der Waals surface area contributed by atoms with Crippen molar-refractivity contribution in [2.24, 2.45) is 17.8 Å². The van der Waals surface area contributed by atoms with E-state index in [1.807, 2.05) is 19.1 Å². The van der Waals surface area contributed by atoms with Gasteiger partial charge in [-0.3, -0.25) is 28.5 Å². The van der Waals surface area contributed by atoms with E-state index in [4.69, 9.17) is 14.5 Å². The molecule has 2 aromatic rings. The molecule has 3 saturated carbocycles. The maximum Gasteiger partial charge on any atom is 0.408 e. The molecule has 4 amide bonds. The van der Waals surface area contributed by atoms with Gasteiger partial charge in [0.25, 0.3) is 17.5 Å². The number of hydrogen-bond donors (Lipinski definition) is 3. The molecule has 3 N–H and O–H groups in total. The van der Waals surface area contributed by atoms with Crippen molar-refractivity contribution in [3.63, 3.8) is 0 Å². The number of sulfonamides is 1. The van der Waals surface area contributed by atoms with Gasteiger partial charge in [-0.1, -0.05) is 57.4 Å². The van der Waals surface area contributed by atoms with E-state index in [2.05, 4.69) is 15.4 Å². The zero-order valence-electron chi connectivity index (χ0n) is 33.3. The van der Waals surface area contributed by atoms with Gasteiger partial charge in [0.05, 0.1) is 22.7 Å². The molecule has 15 nitrogen and oxygen atoms in total. The topological polar surface area (TPSA) is 195 Å². The van der Waals surface area contributed by atoms with Gasteiger partial charge in [0.2, 0.25) is 21.8 Å². The van der Waals surface area contributed by atoms with Crippen LogP contribution in [0.5, 0.6) is 6.01 Å². The second-order valence-corrected chi connectivity index (χ2v) is 18.3. The number of rotatable bonds is 10. The Morgan fingerprint density at radius 2 is 1.70 bits per heavy atom. The maximum absolute atomic E-state index is 14.3. The van der Waals surface area contributed by atoms with Crippen molar-refractivity contribution in [3.8, 4) is 6.01 Å². The van der Waals surface area contributed by atoms with Gasteiger partial charge in [0, 0.05) is 20.0 Å². The third-order valence-electron chi connectivity index (χ3n) is 12.1. The molecule has 3 aliphatic carbocycles. The zero-order valence-corrected chi connectivity index (χ0v) is 34.1. The number of aromatic nitrogens is 2. The minimum Gasteiger partial charge on any atom is -0.459 e. The van der Waals surface area contributed by atoms with E-state index in [1.54, 1.807) is 38.2 Å². The van der Waals surface area contributed by atoms with Crippen molar-refractivity contribution in [1.29, 1.82) is 0 Å². The lowest BCUT2D eigenvalue weighted by Crippen LogP contribution is -2.53. The van der Waals surface area contributed by atoms with Crippen LogP contribution in [0, 0.1) is 17.8 Å². The number of carbonyl (C=O) groups is 4. The van der Waals surface area contributed by atoms with Gasteiger partial charge >= 0.3 is 6.09 Å². The summed E-state index contributed by atoms with van der Waals surface area (Å²) in [6.45, 7) is 3.75. The highest BCUT2D eigenvalue weighted by Crippen LogP contribution is 2.33. The number of nitrogens with one attached hydrogen (secondary N) is 3. The summed E-state index contributed by atoms with van der Waals surface area (Å²) in [5.41, 5.74) is 0.132. The molecule has 1 unspecified atom stereocenters. The molecule has 0 spiro atoms. The predicted octanol–water partition coefficient (Wildman–Crippen LogP) is 4.33. The molecule has 1 aromatic heterocycles. The first-order valence-electron chi connectivity index (χ1n) is 20.7. The minimum absolute atomic E-state index is 0.0236. The number of hydrogen-bond acceptors (Lipinski definition) is 10. The van der Waals surface area contributed by atoms with Crippen molar-refractivity contribution in [1.82, 2.24) is 29.8 Å². The molecule has 2 heterocycles. The fourth-order valence-corrected chi connectivity index (χ4v) is 9.67. The second kappa shape index (κ2) is 18.9. The lowest BCUT2D eigenvalue weighted by Gasteiger charge is -2.31. The summed E-state index contributed by atoms with van der Waals surface area (Å²) in [5, 5.41) is 5.49. The Kier molecular flexibility index (Phi) is 13.9. The first kappa shape index (κ1) is 42.1. The molecule has 57 heavy (non-hydrogen) atoms. The van der Waals surface area contributed by atoms with Crippen LogP contribution in [0.25, 0.3) is 10.9 Å². The van der Waals surface area contributed by atoms with Crippen LogP contribution in [-0.2, 0) is 35.7 Å². The first-order chi connectivity index (χ1) is 27.3. The third kappa shape index (κ3) is 10.7. The van der Waals surface area contributed by atoms with E-state index >= 15 is 0 Å². The van der Waals surface area contributed by atoms with Gasteiger partial charge in [-0.25, -0.2) is 13.2 Å². The smallest absolute Gasteiger partial charge is 0.408 e. The summed E-state index contributed by atoms with van der Waals surface area (Å²) in [5.74, 6) is -1.87. The molecule has 1 aliphatic heterocycles. The van der Waals surface area contributed by atoms with Crippen LogP contribution in [0.3, 0.4) is 0 Å². The number of para-hydroxylation sites is 1. The number of allylic oxidation sites excluding steroid dienone is 2. The fourth-order valence-electron chi connectivity index (χ4n) is 8.34. The van der Waals surface area contributed by atoms with Gasteiger partial charge in [0.1, 0.15) is 24.3 Å². The number of alkyl carbamates (subject to hydrolysis) is 1. The van der Waals surface area contributed by atoms with Crippen LogP contribution >= 0.6 is 0 Å². The Hall–Kier alpha value is -4.47. The predicted molar refractivity (Wildman–Crippen MR) is 214 cm³/mol. The Balaban J connectivity index is 1.28. The molecule has 1 aromatic carbocycles. The molecule has 0 bridgehead atoms. The van der Waals surface area contributed by atoms with E-state index in [1.165, 1.54) is 9.47 Å². The van der Waals surface area contributed by atoms with E-state index in [-0.39, 0.29) is 67.3 Å². The van der Waals surface area contributed by atoms with Crippen molar-refractivity contribution < 1.29 is 37.1 Å². The van der Waals surface area contributed by atoms with E-state index in [9.17, 15) is 32.4 Å². The lowest BCUT2D eigenvalue weighted by molar-refractivity contribution is -0.134. The standard InChI is InChI=1S/C41H58N6O9S/c1-4-26(2)35(37(49)45-57(53,54)30-21-22-30)43-34(48)23-20-29-25-46(3)39(51)36(28-14-7-8-15-28)44-41(52)56-33-19-12-16-27(33)13-6-5-11-24-47-38(50)31-17-9-10-18-32(31)42-40(47)55-29/h5,9-11,17-18,26-30,33,35-36H,4,6-8,12-16,19-25H2,1-3H3,(H,43,48)(H,44,52)(H,45,49)/b11-5+/t26-,27+,29+,33+,35?,36-/m0/s1. The molecule has 3 fully saturated rings. The van der Waals surface area contributed by atoms with Crippen LogP contribution in [0.1, 0.15) is 104 Å². The Morgan fingerprint density at radius 3 is 2.44 bits per heavy atom. The summed E-state index contributed by atoms with van der Waals surface area (Å²) >= 11 is 0. The number of likely N-dealkylation sites (N-methyl/N-ethyl adjacent to an activating group) is 1. The Bertz CT molecular complexity index is 1980. The van der Waals surface area contributed by atoms with Crippen molar-refractivity contribution >= 4 is 44.7 Å². The highest BCUT2D eigenvalue weighted by Gasteiger charge is 2.40. The molecular formula is C41H58N6O9S. The van der Waals surface area contributed by atoms with Crippen molar-refractivity contribution in [2.45, 2.75) is 140 Å². The monoisotopic (exact) mass is 810 g/mol. The maximum atomic E-state index is 14.3. The number of benzene rings is 1. The van der Waals surface area contributed by atoms with Crippen molar-refractivity contribution in [2.75, 3.05) is 13.6 Å². The van der Waals surface area contributed by atoms with E-state index < -0.39 is 51.4 Å². The SMILES string of the molecule is CC[C@H](C)C(NC(=O)CC[C@@H]1CN(C)C(=O)[C@H](C2CCCC2)NC(=O)O[C@@H]2CCC[C@H]2CC/C=C/Cn2c(nc3ccccc3c2=O)O1)C(=O)NS(=O)(=O)C1CC1. The molecule has 0 saturated heterocycles. The van der Waals surface area contributed by atoms with Gasteiger partial charge < -0.3 is 25.0 Å². The first-order valence-corrected chi connectivity index (χ1v) is 22.3. The molecule has 312 valence electrons. The number of nitrogens with zero attached hydrogens (tertiary/aromatic N) is 3. The normalized spacial score (nSPS) is 25.8. The summed E-state index contributed by atoms with van der Waals surface area (Å²) in [6, 6.07) is 5.09. The van der Waals surface area contributed by atoms with Crippen LogP contribution in [0.15, 0.2) is 41.2 Å². The van der Waals surface area contributed by atoms with Gasteiger partial charge in [-0.15, -0.1) is 0 Å². The summed E-state index contributed by atoms with van der Waals surface area (Å²) in [6.07, 6.45) is 11.2. The van der Waals surface area contributed by atoms with E-state index in [0.29, 0.717) is 36.6 Å². The largest absolute Gasteiger partial charge is 0.459 e. The van der Waals surface area contributed by atoms with Gasteiger partial charge in [-0.05, 0) is 94.1 Å². The molecule has 6 atom stereocenters. The van der Waals surface area contributed by atoms with Crippen molar-refractivity contribution in [3.05, 3.63) is 46.8 Å². The summed E-state index contributed by atoms with van der Waals surface area (Å²) in [4.78, 5) is 74.6. The number of carbonyl (C=O) groups excluding carboxylic acids is 4. The van der Waals surface area contributed by atoms with E-state index in [0.717, 1.165) is 51.4 Å². The zero-order chi connectivity index (χ0) is 40.7. The summed E-state index contributed by atoms with van der Waals surface area (Å²) < 4.78 is 41.3. The third-order valence-corrected chi connectivity index (χ3v) is 13.9. The Labute approximate surface area is 334 Å². The number of fused-ring (bicyclic) bond motifs is 3. The van der Waals surface area contributed by atoms with Gasteiger partial charge in [-0.2, -0.15) is 4.98 Å². The number of amides is 4. The highest BCUT2D eigenvalue weighted by atomic mass is 32.2. The average molecular weight is 811 g/mol. The van der Waals surface area contributed by atoms with Crippen LogP contribution < -0.4 is 25.7 Å². The highest BCUT2D eigenvalue weighted by molar-refractivity contribution is 7.90. The molecular weight excluding hydrogens is 753 g/mol. The number of ether oxygens (including phenoxy) is 2. The quantitative estimate of drug-likeness (QED) is 0.291. The van der Waals surface area contributed by atoms with Crippen LogP contribution in [0.4, 0.5) is 4.79 Å². The Morgan fingerprint density at radius 1 is 0.965 bits per heavy atom. The summed E-state index contributed by atoms with van der Waals surface area (Å²) in [7, 11) is -2.21. The fraction of sp³-hybridized carbons (Fsp3) is 0.659. The second-order valence-electron chi connectivity index (χ2n) is 16.3.